The highest BCUT2D eigenvalue weighted by Gasteiger charge is 2.32. The van der Waals surface area contributed by atoms with Crippen LogP contribution in [0.5, 0.6) is 34.5 Å². The number of hydrogen-bond donors (Lipinski definition) is 0. The quantitative estimate of drug-likeness (QED) is 0.221. The Morgan fingerprint density at radius 2 is 0.674 bits per heavy atom. The summed E-state index contributed by atoms with van der Waals surface area (Å²) in [6.07, 6.45) is 0. The van der Waals surface area contributed by atoms with Gasteiger partial charge in [0.1, 0.15) is 44.5 Å². The highest BCUT2D eigenvalue weighted by atomic mass is 16.5. The minimum absolute atomic E-state index is 0.206. The second-order valence-electron chi connectivity index (χ2n) is 10.3. The number of nitrogens with zero attached hydrogens (tertiary/aromatic N) is 2. The van der Waals surface area contributed by atoms with Gasteiger partial charge in [-0.2, -0.15) is 0 Å². The number of para-hydroxylation sites is 2. The molecule has 226 valence electrons. The van der Waals surface area contributed by atoms with Crippen LogP contribution in [0.2, 0.25) is 0 Å². The summed E-state index contributed by atoms with van der Waals surface area (Å²) in [5.74, 6) is 1.12. The van der Waals surface area contributed by atoms with Gasteiger partial charge in [0, 0.05) is 0 Å². The van der Waals surface area contributed by atoms with Gasteiger partial charge in [0.2, 0.25) is 0 Å². The molecule has 2 aromatic heterocycles. The SMILES string of the molecule is COc1ccc(Oc2c3c(=O)n(-c4ccccc4)c(=O)c3c(Oc3ccc(OC)cc3)c3c(=O)n(-c4ccccc4)c(=O)c23)cc1. The number of fused-ring (bicyclic) bond motifs is 2. The van der Waals surface area contributed by atoms with E-state index in [0.29, 0.717) is 22.9 Å². The third-order valence-corrected chi connectivity index (χ3v) is 7.66. The number of hydrogen-bond acceptors (Lipinski definition) is 8. The second kappa shape index (κ2) is 11.3. The Hall–Kier alpha value is -6.42. The summed E-state index contributed by atoms with van der Waals surface area (Å²) < 4.78 is 25.0. The number of aromatic nitrogens is 2. The fourth-order valence-corrected chi connectivity index (χ4v) is 5.50. The monoisotopic (exact) mass is 612 g/mol. The number of rotatable bonds is 8. The molecule has 2 heterocycles. The number of methoxy groups -OCH3 is 2. The molecule has 0 aliphatic carbocycles. The average molecular weight is 613 g/mol. The Morgan fingerprint density at radius 1 is 0.391 bits per heavy atom. The summed E-state index contributed by atoms with van der Waals surface area (Å²) in [7, 11) is 3.03. The molecule has 0 fully saturated rings. The van der Waals surface area contributed by atoms with Gasteiger partial charge in [-0.15, -0.1) is 0 Å². The predicted molar refractivity (Wildman–Crippen MR) is 174 cm³/mol. The smallest absolute Gasteiger partial charge is 0.270 e. The first-order chi connectivity index (χ1) is 22.4. The Kier molecular flexibility index (Phi) is 6.94. The molecule has 7 rings (SSSR count). The minimum Gasteiger partial charge on any atom is -0.497 e. The van der Waals surface area contributed by atoms with Crippen LogP contribution >= 0.6 is 0 Å². The van der Waals surface area contributed by atoms with Crippen molar-refractivity contribution in [3.8, 4) is 45.9 Å². The highest BCUT2D eigenvalue weighted by molar-refractivity contribution is 6.11. The molecule has 0 atom stereocenters. The molecule has 0 spiro atoms. The van der Waals surface area contributed by atoms with Crippen molar-refractivity contribution >= 4 is 21.5 Å². The maximum absolute atomic E-state index is 14.3. The minimum atomic E-state index is -0.740. The van der Waals surface area contributed by atoms with Crippen molar-refractivity contribution in [2.45, 2.75) is 0 Å². The van der Waals surface area contributed by atoms with E-state index in [2.05, 4.69) is 0 Å². The van der Waals surface area contributed by atoms with Gasteiger partial charge in [-0.3, -0.25) is 19.2 Å². The van der Waals surface area contributed by atoms with Crippen molar-refractivity contribution in [1.82, 2.24) is 9.13 Å². The topological polar surface area (TPSA) is 115 Å². The lowest BCUT2D eigenvalue weighted by molar-refractivity contribution is 0.413. The molecule has 5 aromatic carbocycles. The van der Waals surface area contributed by atoms with Gasteiger partial charge in [-0.25, -0.2) is 9.13 Å². The fourth-order valence-electron chi connectivity index (χ4n) is 5.50. The van der Waals surface area contributed by atoms with Crippen LogP contribution in [0.25, 0.3) is 32.9 Å². The van der Waals surface area contributed by atoms with Crippen molar-refractivity contribution in [2.24, 2.45) is 0 Å². The molecular formula is C36H24N2O8. The van der Waals surface area contributed by atoms with E-state index in [1.54, 1.807) is 109 Å². The molecular weight excluding hydrogens is 588 g/mol. The van der Waals surface area contributed by atoms with E-state index < -0.39 is 22.2 Å². The van der Waals surface area contributed by atoms with E-state index in [9.17, 15) is 19.2 Å². The molecule has 0 aliphatic rings. The molecule has 0 saturated heterocycles. The van der Waals surface area contributed by atoms with Crippen molar-refractivity contribution < 1.29 is 18.9 Å². The summed E-state index contributed by atoms with van der Waals surface area (Å²) in [4.78, 5) is 57.1. The van der Waals surface area contributed by atoms with Crippen LogP contribution in [-0.2, 0) is 0 Å². The maximum atomic E-state index is 14.3. The molecule has 0 radical (unpaired) electrons. The number of benzene rings is 5. The van der Waals surface area contributed by atoms with E-state index in [4.69, 9.17) is 18.9 Å². The molecule has 0 amide bonds. The van der Waals surface area contributed by atoms with E-state index in [1.807, 2.05) is 0 Å². The molecule has 0 unspecified atom stereocenters. The van der Waals surface area contributed by atoms with E-state index in [-0.39, 0.29) is 44.5 Å². The predicted octanol–water partition coefficient (Wildman–Crippen LogP) is 5.49. The largest absolute Gasteiger partial charge is 0.497 e. The van der Waals surface area contributed by atoms with Crippen LogP contribution in [-0.4, -0.2) is 23.4 Å². The van der Waals surface area contributed by atoms with Gasteiger partial charge in [0.15, 0.2) is 11.5 Å². The lowest BCUT2D eigenvalue weighted by Gasteiger charge is -2.12. The van der Waals surface area contributed by atoms with Crippen LogP contribution in [0, 0.1) is 0 Å². The zero-order valence-corrected chi connectivity index (χ0v) is 24.6. The molecule has 7 aromatic rings. The Labute approximate surface area is 260 Å². The molecule has 0 saturated carbocycles. The standard InChI is InChI=1S/C36H24N2O8/c1-43-23-13-17-25(18-14-23)45-31-27-29(35(41)37(33(27)39)21-9-5-3-6-10-21)32(46-26-19-15-24(44-2)16-20-26)30-28(31)34(40)38(36(30)42)22-11-7-4-8-12-22/h3-20H,1-2H3. The molecule has 0 aliphatic heterocycles. The number of ether oxygens (including phenoxy) is 4. The van der Waals surface area contributed by atoms with Crippen molar-refractivity contribution in [1.29, 1.82) is 0 Å². The van der Waals surface area contributed by atoms with Crippen LogP contribution < -0.4 is 41.2 Å². The Bertz CT molecular complexity index is 2180. The van der Waals surface area contributed by atoms with E-state index in [1.165, 1.54) is 14.2 Å². The van der Waals surface area contributed by atoms with E-state index in [0.717, 1.165) is 9.13 Å². The lowest BCUT2D eigenvalue weighted by atomic mass is 10.1. The Morgan fingerprint density at radius 3 is 0.957 bits per heavy atom. The fraction of sp³-hybridized carbons (Fsp3) is 0.0556. The first kappa shape index (κ1) is 28.4. The molecule has 0 bridgehead atoms. The van der Waals surface area contributed by atoms with Gasteiger partial charge in [0.05, 0.1) is 25.6 Å². The van der Waals surface area contributed by atoms with Crippen LogP contribution in [0.1, 0.15) is 0 Å². The summed E-state index contributed by atoms with van der Waals surface area (Å²) in [5.41, 5.74) is -2.37. The maximum Gasteiger partial charge on any atom is 0.270 e. The van der Waals surface area contributed by atoms with Crippen molar-refractivity contribution in [2.75, 3.05) is 14.2 Å². The van der Waals surface area contributed by atoms with Crippen molar-refractivity contribution in [3.05, 3.63) is 151 Å². The first-order valence-electron chi connectivity index (χ1n) is 14.2. The van der Waals surface area contributed by atoms with Gasteiger partial charge in [-0.05, 0) is 72.8 Å². The van der Waals surface area contributed by atoms with Crippen LogP contribution in [0.4, 0.5) is 0 Å². The van der Waals surface area contributed by atoms with Crippen molar-refractivity contribution in [3.63, 3.8) is 0 Å². The van der Waals surface area contributed by atoms with Gasteiger partial charge in [-0.1, -0.05) is 36.4 Å². The third-order valence-electron chi connectivity index (χ3n) is 7.66. The van der Waals surface area contributed by atoms with E-state index >= 15 is 0 Å². The summed E-state index contributed by atoms with van der Waals surface area (Å²) >= 11 is 0. The molecule has 10 nitrogen and oxygen atoms in total. The highest BCUT2D eigenvalue weighted by Crippen LogP contribution is 2.42. The molecule has 46 heavy (non-hydrogen) atoms. The van der Waals surface area contributed by atoms with Crippen LogP contribution in [0.15, 0.2) is 128 Å². The van der Waals surface area contributed by atoms with Crippen LogP contribution in [0.3, 0.4) is 0 Å². The lowest BCUT2D eigenvalue weighted by Crippen LogP contribution is -2.24. The normalized spacial score (nSPS) is 11.2. The van der Waals surface area contributed by atoms with Gasteiger partial charge in [0.25, 0.3) is 22.2 Å². The van der Waals surface area contributed by atoms with Gasteiger partial charge >= 0.3 is 0 Å². The van der Waals surface area contributed by atoms with Gasteiger partial charge < -0.3 is 18.9 Å². The Balaban J connectivity index is 1.64. The zero-order valence-electron chi connectivity index (χ0n) is 24.6. The summed E-state index contributed by atoms with van der Waals surface area (Å²) in [6, 6.07) is 29.6. The third kappa shape index (κ3) is 4.51. The second-order valence-corrected chi connectivity index (χ2v) is 10.3. The summed E-state index contributed by atoms with van der Waals surface area (Å²) in [5, 5.41) is -0.822. The first-order valence-corrected chi connectivity index (χ1v) is 14.2. The molecule has 10 heteroatoms. The summed E-state index contributed by atoms with van der Waals surface area (Å²) in [6.45, 7) is 0. The zero-order chi connectivity index (χ0) is 31.9. The molecule has 0 N–H and O–H groups in total. The average Bonchev–Trinajstić information content (AvgIpc) is 3.51.